The van der Waals surface area contributed by atoms with E-state index >= 15 is 0 Å². The summed E-state index contributed by atoms with van der Waals surface area (Å²) >= 11 is 0. The van der Waals surface area contributed by atoms with Crippen molar-refractivity contribution >= 4 is 16.8 Å². The molecule has 0 fully saturated rings. The van der Waals surface area contributed by atoms with E-state index in [9.17, 15) is 4.79 Å². The Morgan fingerprint density at radius 2 is 2.10 bits per heavy atom. The van der Waals surface area contributed by atoms with Crippen LogP contribution in [0.4, 0.5) is 0 Å². The van der Waals surface area contributed by atoms with Gasteiger partial charge in [0.15, 0.2) is 0 Å². The monoisotopic (exact) mass is 267 g/mol. The molecule has 0 aliphatic heterocycles. The van der Waals surface area contributed by atoms with E-state index in [-0.39, 0.29) is 5.91 Å². The SMILES string of the molecule is CC(C)(C#N)C(=O)NCCc1cccc2cccnc12. The second-order valence-corrected chi connectivity index (χ2v) is 5.23. The Hall–Kier alpha value is -2.41. The van der Waals surface area contributed by atoms with Gasteiger partial charge in [0.2, 0.25) is 5.91 Å². The number of carbonyl (C=O) groups is 1. The third-order valence-corrected chi connectivity index (χ3v) is 3.24. The second kappa shape index (κ2) is 5.70. The van der Waals surface area contributed by atoms with Crippen LogP contribution in [0.3, 0.4) is 0 Å². The summed E-state index contributed by atoms with van der Waals surface area (Å²) in [7, 11) is 0. The molecule has 2 aromatic rings. The van der Waals surface area contributed by atoms with Crippen molar-refractivity contribution < 1.29 is 4.79 Å². The Balaban J connectivity index is 2.04. The van der Waals surface area contributed by atoms with Crippen molar-refractivity contribution in [2.45, 2.75) is 20.3 Å². The smallest absolute Gasteiger partial charge is 0.239 e. The fourth-order valence-electron chi connectivity index (χ4n) is 1.95. The fourth-order valence-corrected chi connectivity index (χ4v) is 1.95. The molecule has 1 aromatic heterocycles. The summed E-state index contributed by atoms with van der Waals surface area (Å²) in [5.74, 6) is -0.242. The van der Waals surface area contributed by atoms with Crippen LogP contribution in [0.2, 0.25) is 0 Å². The average molecular weight is 267 g/mol. The number of hydrogen-bond acceptors (Lipinski definition) is 3. The zero-order valence-corrected chi connectivity index (χ0v) is 11.7. The highest BCUT2D eigenvalue weighted by Gasteiger charge is 2.26. The summed E-state index contributed by atoms with van der Waals surface area (Å²) in [5, 5.41) is 12.8. The summed E-state index contributed by atoms with van der Waals surface area (Å²) < 4.78 is 0. The number of amides is 1. The first-order valence-electron chi connectivity index (χ1n) is 6.57. The lowest BCUT2D eigenvalue weighted by Gasteiger charge is -2.15. The largest absolute Gasteiger partial charge is 0.354 e. The van der Waals surface area contributed by atoms with Gasteiger partial charge in [-0.25, -0.2) is 0 Å². The summed E-state index contributed by atoms with van der Waals surface area (Å²) in [6.45, 7) is 3.73. The minimum atomic E-state index is -0.989. The van der Waals surface area contributed by atoms with E-state index in [2.05, 4.69) is 10.3 Å². The Morgan fingerprint density at radius 3 is 2.85 bits per heavy atom. The van der Waals surface area contributed by atoms with E-state index in [4.69, 9.17) is 5.26 Å². The average Bonchev–Trinajstić information content (AvgIpc) is 2.47. The van der Waals surface area contributed by atoms with E-state index < -0.39 is 5.41 Å². The van der Waals surface area contributed by atoms with Crippen LogP contribution in [0, 0.1) is 16.7 Å². The van der Waals surface area contributed by atoms with Crippen molar-refractivity contribution in [1.29, 1.82) is 5.26 Å². The summed E-state index contributed by atoms with van der Waals surface area (Å²) in [5.41, 5.74) is 1.07. The number of nitrogens with zero attached hydrogens (tertiary/aromatic N) is 2. The number of fused-ring (bicyclic) bond motifs is 1. The van der Waals surface area contributed by atoms with Crippen molar-refractivity contribution in [2.75, 3.05) is 6.54 Å². The number of carbonyl (C=O) groups excluding carboxylic acids is 1. The predicted molar refractivity (Wildman–Crippen MR) is 77.9 cm³/mol. The van der Waals surface area contributed by atoms with Gasteiger partial charge in [0, 0.05) is 18.1 Å². The highest BCUT2D eigenvalue weighted by Crippen LogP contribution is 2.16. The lowest BCUT2D eigenvalue weighted by atomic mass is 9.94. The van der Waals surface area contributed by atoms with E-state index in [0.29, 0.717) is 13.0 Å². The number of nitriles is 1. The number of pyridine rings is 1. The molecule has 20 heavy (non-hydrogen) atoms. The normalized spacial score (nSPS) is 11.1. The molecule has 0 radical (unpaired) electrons. The molecule has 1 N–H and O–H groups in total. The van der Waals surface area contributed by atoms with Gasteiger partial charge >= 0.3 is 0 Å². The molecule has 4 heteroatoms. The van der Waals surface area contributed by atoms with E-state index in [1.807, 2.05) is 36.4 Å². The van der Waals surface area contributed by atoms with Crippen molar-refractivity contribution in [3.05, 3.63) is 42.1 Å². The van der Waals surface area contributed by atoms with Gasteiger partial charge in [-0.3, -0.25) is 9.78 Å². The number of benzene rings is 1. The lowest BCUT2D eigenvalue weighted by Crippen LogP contribution is -2.37. The maximum absolute atomic E-state index is 11.8. The molecule has 0 aliphatic rings. The molecule has 1 amide bonds. The molecule has 2 rings (SSSR count). The van der Waals surface area contributed by atoms with Gasteiger partial charge in [0.1, 0.15) is 5.41 Å². The van der Waals surface area contributed by atoms with E-state index in [1.165, 1.54) is 0 Å². The van der Waals surface area contributed by atoms with Gasteiger partial charge in [-0.15, -0.1) is 0 Å². The van der Waals surface area contributed by atoms with Crippen LogP contribution in [0.25, 0.3) is 10.9 Å². The molecule has 0 atom stereocenters. The molecule has 1 aromatic carbocycles. The highest BCUT2D eigenvalue weighted by atomic mass is 16.2. The van der Waals surface area contributed by atoms with Crippen LogP contribution in [-0.4, -0.2) is 17.4 Å². The molecule has 1 heterocycles. The van der Waals surface area contributed by atoms with Crippen LogP contribution >= 0.6 is 0 Å². The number of rotatable bonds is 4. The Bertz CT molecular complexity index is 665. The number of aromatic nitrogens is 1. The first-order valence-corrected chi connectivity index (χ1v) is 6.57. The van der Waals surface area contributed by atoms with Crippen molar-refractivity contribution in [1.82, 2.24) is 10.3 Å². The molecule has 0 unspecified atom stereocenters. The third kappa shape index (κ3) is 2.94. The molecule has 0 spiro atoms. The summed E-state index contributed by atoms with van der Waals surface area (Å²) in [6, 6.07) is 11.9. The Kier molecular flexibility index (Phi) is 3.99. The number of para-hydroxylation sites is 1. The minimum Gasteiger partial charge on any atom is -0.354 e. The van der Waals surface area contributed by atoms with E-state index in [1.54, 1.807) is 20.0 Å². The summed E-state index contributed by atoms with van der Waals surface area (Å²) in [6.07, 6.45) is 2.46. The first kappa shape index (κ1) is 14.0. The predicted octanol–water partition coefficient (Wildman–Crippen LogP) is 2.44. The standard InChI is InChI=1S/C16H17N3O/c1-16(2,11-17)15(20)19-10-8-13-6-3-5-12-7-4-9-18-14(12)13/h3-7,9H,8,10H2,1-2H3,(H,19,20). The van der Waals surface area contributed by atoms with Gasteiger partial charge < -0.3 is 5.32 Å². The Labute approximate surface area is 118 Å². The highest BCUT2D eigenvalue weighted by molar-refractivity contribution is 5.84. The molecule has 0 saturated heterocycles. The molecule has 102 valence electrons. The van der Waals surface area contributed by atoms with Gasteiger partial charge in [-0.2, -0.15) is 5.26 Å². The zero-order chi connectivity index (χ0) is 14.6. The van der Waals surface area contributed by atoms with Crippen LogP contribution in [0.15, 0.2) is 36.5 Å². The second-order valence-electron chi connectivity index (χ2n) is 5.23. The van der Waals surface area contributed by atoms with Gasteiger partial charge in [0.05, 0.1) is 11.6 Å². The maximum atomic E-state index is 11.8. The quantitative estimate of drug-likeness (QED) is 0.925. The molecule has 0 bridgehead atoms. The topological polar surface area (TPSA) is 65.8 Å². The van der Waals surface area contributed by atoms with Gasteiger partial charge in [-0.05, 0) is 31.9 Å². The number of hydrogen-bond donors (Lipinski definition) is 1. The van der Waals surface area contributed by atoms with Gasteiger partial charge in [-0.1, -0.05) is 24.3 Å². The maximum Gasteiger partial charge on any atom is 0.239 e. The molecule has 0 saturated carbocycles. The van der Waals surface area contributed by atoms with Crippen LogP contribution < -0.4 is 5.32 Å². The van der Waals surface area contributed by atoms with Crippen LogP contribution in [0.5, 0.6) is 0 Å². The van der Waals surface area contributed by atoms with Crippen molar-refractivity contribution in [3.63, 3.8) is 0 Å². The van der Waals surface area contributed by atoms with Crippen LogP contribution in [0.1, 0.15) is 19.4 Å². The van der Waals surface area contributed by atoms with Gasteiger partial charge in [0.25, 0.3) is 0 Å². The number of nitrogens with one attached hydrogen (secondary N) is 1. The third-order valence-electron chi connectivity index (χ3n) is 3.24. The zero-order valence-electron chi connectivity index (χ0n) is 11.7. The van der Waals surface area contributed by atoms with Crippen molar-refractivity contribution in [2.24, 2.45) is 5.41 Å². The van der Waals surface area contributed by atoms with Crippen LogP contribution in [-0.2, 0) is 11.2 Å². The molecule has 0 aliphatic carbocycles. The molecular weight excluding hydrogens is 250 g/mol. The van der Waals surface area contributed by atoms with E-state index in [0.717, 1.165) is 16.5 Å². The lowest BCUT2D eigenvalue weighted by molar-refractivity contribution is -0.126. The fraction of sp³-hybridized carbons (Fsp3) is 0.312. The minimum absolute atomic E-state index is 0.242. The first-order chi connectivity index (χ1) is 9.54. The summed E-state index contributed by atoms with van der Waals surface area (Å²) in [4.78, 5) is 16.2. The molecule has 4 nitrogen and oxygen atoms in total. The molecular formula is C16H17N3O. The van der Waals surface area contributed by atoms with Crippen molar-refractivity contribution in [3.8, 4) is 6.07 Å². The Morgan fingerprint density at radius 1 is 1.35 bits per heavy atom.